The van der Waals surface area contributed by atoms with Crippen molar-refractivity contribution < 1.29 is 24.5 Å². The second-order valence-electron chi connectivity index (χ2n) is 4.66. The first-order chi connectivity index (χ1) is 7.04. The van der Waals surface area contributed by atoms with E-state index in [1.807, 2.05) is 0 Å². The minimum absolute atomic E-state index is 0.0285. The van der Waals surface area contributed by atoms with Gasteiger partial charge in [-0.05, 0) is 27.7 Å². The van der Waals surface area contributed by atoms with Gasteiger partial charge in [-0.2, -0.15) is 0 Å². The highest BCUT2D eigenvalue weighted by Gasteiger charge is 2.30. The number of carboxylic acids is 1. The predicted molar refractivity (Wildman–Crippen MR) is 61.4 cm³/mol. The molecule has 0 fully saturated rings. The summed E-state index contributed by atoms with van der Waals surface area (Å²) < 4.78 is 5.02. The highest BCUT2D eigenvalue weighted by Crippen LogP contribution is 2.15. The molecule has 1 atom stereocenters. The fourth-order valence-corrected chi connectivity index (χ4v) is 1.61. The van der Waals surface area contributed by atoms with Crippen molar-refractivity contribution in [3.05, 3.63) is 0 Å². The third-order valence-electron chi connectivity index (χ3n) is 1.48. The van der Waals surface area contributed by atoms with Crippen LogP contribution >= 0.6 is 11.8 Å². The van der Waals surface area contributed by atoms with Crippen LogP contribution in [0.1, 0.15) is 27.7 Å². The number of hydrogen-bond donors (Lipinski definition) is 2. The summed E-state index contributed by atoms with van der Waals surface area (Å²) in [5.41, 5.74) is -2.36. The van der Waals surface area contributed by atoms with Crippen LogP contribution in [0.3, 0.4) is 0 Å². The molecule has 0 radical (unpaired) electrons. The molecule has 0 saturated heterocycles. The third kappa shape index (κ3) is 6.68. The maximum Gasteiger partial charge on any atom is 0.336 e. The lowest BCUT2D eigenvalue weighted by atomic mass is 10.1. The molecule has 0 rings (SSSR count). The molecule has 0 aliphatic carbocycles. The molecular formula is C10H18O5S. The van der Waals surface area contributed by atoms with E-state index in [1.54, 1.807) is 20.8 Å². The topological polar surface area (TPSA) is 83.8 Å². The quantitative estimate of drug-likeness (QED) is 0.705. The van der Waals surface area contributed by atoms with Crippen LogP contribution in [0.5, 0.6) is 0 Å². The first-order valence-electron chi connectivity index (χ1n) is 4.80. The molecule has 0 spiro atoms. The first-order valence-corrected chi connectivity index (χ1v) is 5.95. The van der Waals surface area contributed by atoms with Crippen LogP contribution in [0.2, 0.25) is 0 Å². The number of carboxylic acid groups (broad SMARTS) is 1. The van der Waals surface area contributed by atoms with Crippen molar-refractivity contribution in [1.82, 2.24) is 0 Å². The Hall–Kier alpha value is -0.750. The summed E-state index contributed by atoms with van der Waals surface area (Å²) in [5, 5.41) is 18.0. The van der Waals surface area contributed by atoms with Crippen molar-refractivity contribution >= 4 is 23.7 Å². The Balaban J connectivity index is 3.92. The molecule has 2 N–H and O–H groups in total. The number of ether oxygens (including phenoxy) is 1. The van der Waals surface area contributed by atoms with E-state index < -0.39 is 23.1 Å². The molecule has 0 aromatic rings. The monoisotopic (exact) mass is 250 g/mol. The first kappa shape index (κ1) is 15.2. The van der Waals surface area contributed by atoms with E-state index in [2.05, 4.69) is 0 Å². The Bertz CT molecular complexity index is 267. The average molecular weight is 250 g/mol. The summed E-state index contributed by atoms with van der Waals surface area (Å²) in [7, 11) is 0. The van der Waals surface area contributed by atoms with Crippen LogP contribution in [-0.2, 0) is 14.3 Å². The molecule has 0 bridgehead atoms. The number of aliphatic carboxylic acids is 1. The second kappa shape index (κ2) is 5.54. The van der Waals surface area contributed by atoms with Crippen molar-refractivity contribution in [3.63, 3.8) is 0 Å². The molecule has 0 aliphatic rings. The Morgan fingerprint density at radius 3 is 2.12 bits per heavy atom. The van der Waals surface area contributed by atoms with Gasteiger partial charge in [-0.15, -0.1) is 11.8 Å². The van der Waals surface area contributed by atoms with Gasteiger partial charge in [-0.25, -0.2) is 4.79 Å². The van der Waals surface area contributed by atoms with Crippen molar-refractivity contribution in [2.75, 3.05) is 11.5 Å². The van der Waals surface area contributed by atoms with Crippen molar-refractivity contribution in [2.45, 2.75) is 38.9 Å². The average Bonchev–Trinajstić information content (AvgIpc) is 1.99. The number of esters is 1. The molecule has 0 aromatic heterocycles. The summed E-state index contributed by atoms with van der Waals surface area (Å²) in [5.74, 6) is -1.75. The molecular weight excluding hydrogens is 232 g/mol. The summed E-state index contributed by atoms with van der Waals surface area (Å²) >= 11 is 1.03. The van der Waals surface area contributed by atoms with Crippen LogP contribution in [-0.4, -0.2) is 44.9 Å². The zero-order valence-corrected chi connectivity index (χ0v) is 10.8. The lowest BCUT2D eigenvalue weighted by molar-refractivity contribution is -0.154. The molecule has 16 heavy (non-hydrogen) atoms. The van der Waals surface area contributed by atoms with E-state index >= 15 is 0 Å². The minimum atomic E-state index is -1.81. The van der Waals surface area contributed by atoms with E-state index in [1.165, 1.54) is 6.92 Å². The fourth-order valence-electron chi connectivity index (χ4n) is 0.766. The van der Waals surface area contributed by atoms with Gasteiger partial charge >= 0.3 is 11.9 Å². The van der Waals surface area contributed by atoms with Crippen LogP contribution in [0.4, 0.5) is 0 Å². The molecule has 0 aliphatic heterocycles. The molecule has 6 heteroatoms. The Morgan fingerprint density at radius 1 is 1.25 bits per heavy atom. The second-order valence-corrected chi connectivity index (χ2v) is 5.64. The van der Waals surface area contributed by atoms with Gasteiger partial charge in [0.15, 0.2) is 5.60 Å². The van der Waals surface area contributed by atoms with Gasteiger partial charge in [0, 0.05) is 5.75 Å². The van der Waals surface area contributed by atoms with Gasteiger partial charge in [0.05, 0.1) is 5.75 Å². The maximum absolute atomic E-state index is 11.2. The number of carbonyl (C=O) groups excluding carboxylic acids is 1. The van der Waals surface area contributed by atoms with Crippen molar-refractivity contribution in [2.24, 2.45) is 0 Å². The van der Waals surface area contributed by atoms with Gasteiger partial charge in [0.1, 0.15) is 5.60 Å². The predicted octanol–water partition coefficient (Wildman–Crippen LogP) is 0.897. The smallest absolute Gasteiger partial charge is 0.336 e. The highest BCUT2D eigenvalue weighted by molar-refractivity contribution is 8.00. The van der Waals surface area contributed by atoms with Crippen molar-refractivity contribution in [3.8, 4) is 0 Å². The van der Waals surface area contributed by atoms with Crippen LogP contribution in [0.25, 0.3) is 0 Å². The van der Waals surface area contributed by atoms with E-state index in [0.29, 0.717) is 0 Å². The van der Waals surface area contributed by atoms with Crippen LogP contribution < -0.4 is 0 Å². The lowest BCUT2D eigenvalue weighted by Crippen LogP contribution is -2.38. The summed E-state index contributed by atoms with van der Waals surface area (Å²) in [6.45, 7) is 6.45. The number of carbonyl (C=O) groups is 2. The van der Waals surface area contributed by atoms with E-state index in [0.717, 1.165) is 11.8 Å². The van der Waals surface area contributed by atoms with Crippen molar-refractivity contribution in [1.29, 1.82) is 0 Å². The van der Waals surface area contributed by atoms with E-state index in [-0.39, 0.29) is 11.5 Å². The molecule has 5 nitrogen and oxygen atoms in total. The summed E-state index contributed by atoms with van der Waals surface area (Å²) in [6.07, 6.45) is 0. The fraction of sp³-hybridized carbons (Fsp3) is 0.800. The largest absolute Gasteiger partial charge is 0.479 e. The normalized spacial score (nSPS) is 15.3. The molecule has 1 unspecified atom stereocenters. The maximum atomic E-state index is 11.2. The van der Waals surface area contributed by atoms with Crippen LogP contribution in [0.15, 0.2) is 0 Å². The zero-order chi connectivity index (χ0) is 13.0. The lowest BCUT2D eigenvalue weighted by Gasteiger charge is -2.20. The van der Waals surface area contributed by atoms with Crippen LogP contribution in [0, 0.1) is 0 Å². The summed E-state index contributed by atoms with van der Waals surface area (Å²) in [6, 6.07) is 0. The number of thioether (sulfide) groups is 1. The minimum Gasteiger partial charge on any atom is -0.479 e. The van der Waals surface area contributed by atoms with Gasteiger partial charge in [-0.1, -0.05) is 0 Å². The molecule has 0 heterocycles. The van der Waals surface area contributed by atoms with Gasteiger partial charge in [0.25, 0.3) is 0 Å². The highest BCUT2D eigenvalue weighted by atomic mass is 32.2. The molecule has 0 saturated carbocycles. The number of aliphatic hydroxyl groups is 1. The number of rotatable bonds is 5. The molecule has 0 aromatic carbocycles. The summed E-state index contributed by atoms with van der Waals surface area (Å²) in [4.78, 5) is 21.8. The van der Waals surface area contributed by atoms with E-state index in [4.69, 9.17) is 9.84 Å². The van der Waals surface area contributed by atoms with E-state index in [9.17, 15) is 14.7 Å². The van der Waals surface area contributed by atoms with Gasteiger partial charge < -0.3 is 14.9 Å². The van der Waals surface area contributed by atoms with Gasteiger partial charge in [-0.3, -0.25) is 4.79 Å². The Kier molecular flexibility index (Phi) is 5.28. The third-order valence-corrected chi connectivity index (χ3v) is 2.69. The standard InChI is InChI=1S/C10H18O5S/c1-9(2,3)15-7(11)5-16-6-10(4,14)8(12)13/h14H,5-6H2,1-4H3,(H,12,13). The zero-order valence-electron chi connectivity index (χ0n) is 9.94. The number of hydrogen-bond acceptors (Lipinski definition) is 5. The molecule has 0 amide bonds. The SMILES string of the molecule is CC(C)(C)OC(=O)CSCC(C)(O)C(=O)O. The molecule has 94 valence electrons. The van der Waals surface area contributed by atoms with Gasteiger partial charge in [0.2, 0.25) is 0 Å². The Labute approximate surface area is 99.2 Å². The Morgan fingerprint density at radius 2 is 1.75 bits per heavy atom.